The van der Waals surface area contributed by atoms with Crippen molar-refractivity contribution in [3.63, 3.8) is 0 Å². The largest absolute Gasteiger partial charge is 0.330 e. The van der Waals surface area contributed by atoms with Crippen molar-refractivity contribution in [3.05, 3.63) is 33.8 Å². The summed E-state index contributed by atoms with van der Waals surface area (Å²) in [7, 11) is 2.16. The second kappa shape index (κ2) is 7.05. The van der Waals surface area contributed by atoms with E-state index >= 15 is 0 Å². The van der Waals surface area contributed by atoms with Crippen LogP contribution < -0.4 is 5.73 Å². The fourth-order valence-electron chi connectivity index (χ4n) is 1.71. The van der Waals surface area contributed by atoms with Gasteiger partial charge in [-0.15, -0.1) is 0 Å². The van der Waals surface area contributed by atoms with Gasteiger partial charge in [0.15, 0.2) is 0 Å². The van der Waals surface area contributed by atoms with Gasteiger partial charge in [0.1, 0.15) is 0 Å². The Hall–Kier alpha value is -0.380. The number of halogens is 1. The third-order valence-electron chi connectivity index (χ3n) is 2.75. The summed E-state index contributed by atoms with van der Waals surface area (Å²) in [5.74, 6) is 0. The first-order chi connectivity index (χ1) is 7.63. The summed E-state index contributed by atoms with van der Waals surface area (Å²) in [5.41, 5.74) is 8.24. The van der Waals surface area contributed by atoms with Gasteiger partial charge in [-0.3, -0.25) is 0 Å². The Kier molecular flexibility index (Phi) is 6.03. The molecule has 0 aromatic heterocycles. The first-order valence-corrected chi connectivity index (χ1v) is 6.56. The fourth-order valence-corrected chi connectivity index (χ4v) is 2.11. The van der Waals surface area contributed by atoms with Crippen LogP contribution in [0, 0.1) is 6.92 Å². The minimum absolute atomic E-state index is 0.795. The minimum Gasteiger partial charge on any atom is -0.330 e. The number of aryl methyl sites for hydroxylation is 1. The number of rotatable bonds is 6. The first-order valence-electron chi connectivity index (χ1n) is 5.77. The van der Waals surface area contributed by atoms with Crippen LogP contribution >= 0.6 is 15.9 Å². The van der Waals surface area contributed by atoms with E-state index in [2.05, 4.69) is 53.0 Å². The second-order valence-corrected chi connectivity index (χ2v) is 5.22. The van der Waals surface area contributed by atoms with Crippen molar-refractivity contribution in [3.8, 4) is 0 Å². The Morgan fingerprint density at radius 1 is 1.31 bits per heavy atom. The van der Waals surface area contributed by atoms with Gasteiger partial charge in [0, 0.05) is 11.0 Å². The summed E-state index contributed by atoms with van der Waals surface area (Å²) in [6, 6.07) is 6.45. The van der Waals surface area contributed by atoms with Crippen LogP contribution in [0.3, 0.4) is 0 Å². The van der Waals surface area contributed by atoms with Crippen LogP contribution in [0.2, 0.25) is 0 Å². The Bertz CT molecular complexity index is 326. The van der Waals surface area contributed by atoms with E-state index in [4.69, 9.17) is 5.73 Å². The molecule has 0 heterocycles. The van der Waals surface area contributed by atoms with E-state index in [0.717, 1.165) is 30.5 Å². The van der Waals surface area contributed by atoms with Crippen LogP contribution in [-0.2, 0) is 6.54 Å². The van der Waals surface area contributed by atoms with E-state index in [0.29, 0.717) is 0 Å². The van der Waals surface area contributed by atoms with Crippen LogP contribution in [-0.4, -0.2) is 25.0 Å². The van der Waals surface area contributed by atoms with Crippen molar-refractivity contribution in [2.75, 3.05) is 20.1 Å². The molecule has 0 fully saturated rings. The molecule has 2 nitrogen and oxygen atoms in total. The Morgan fingerprint density at radius 2 is 2.06 bits per heavy atom. The molecular formula is C13H21BrN2. The van der Waals surface area contributed by atoms with Gasteiger partial charge < -0.3 is 10.6 Å². The molecule has 3 heteroatoms. The summed E-state index contributed by atoms with van der Waals surface area (Å²) in [6.45, 7) is 5.08. The van der Waals surface area contributed by atoms with Gasteiger partial charge in [-0.2, -0.15) is 0 Å². The van der Waals surface area contributed by atoms with E-state index in [-0.39, 0.29) is 0 Å². The number of hydrogen-bond acceptors (Lipinski definition) is 2. The molecule has 0 unspecified atom stereocenters. The molecule has 1 aromatic carbocycles. The lowest BCUT2D eigenvalue weighted by molar-refractivity contribution is 0.319. The van der Waals surface area contributed by atoms with E-state index in [1.807, 2.05) is 0 Å². The molecule has 90 valence electrons. The lowest BCUT2D eigenvalue weighted by atomic mass is 10.1. The smallest absolute Gasteiger partial charge is 0.0233 e. The lowest BCUT2D eigenvalue weighted by Crippen LogP contribution is -2.20. The van der Waals surface area contributed by atoms with E-state index in [1.165, 1.54) is 17.5 Å². The molecular weight excluding hydrogens is 264 g/mol. The lowest BCUT2D eigenvalue weighted by Gasteiger charge is -2.18. The first kappa shape index (κ1) is 13.7. The predicted octanol–water partition coefficient (Wildman–Crippen LogP) is 2.93. The van der Waals surface area contributed by atoms with Crippen LogP contribution in [0.25, 0.3) is 0 Å². The maximum Gasteiger partial charge on any atom is 0.0233 e. The molecule has 0 aliphatic carbocycles. The van der Waals surface area contributed by atoms with Gasteiger partial charge >= 0.3 is 0 Å². The maximum absolute atomic E-state index is 5.49. The van der Waals surface area contributed by atoms with Gasteiger partial charge in [-0.05, 0) is 63.2 Å². The number of hydrogen-bond donors (Lipinski definition) is 1. The van der Waals surface area contributed by atoms with Crippen LogP contribution in [0.5, 0.6) is 0 Å². The van der Waals surface area contributed by atoms with Gasteiger partial charge in [0.25, 0.3) is 0 Å². The Morgan fingerprint density at radius 3 is 2.75 bits per heavy atom. The molecule has 0 radical (unpaired) electrons. The van der Waals surface area contributed by atoms with Crippen molar-refractivity contribution >= 4 is 15.9 Å². The summed E-state index contributed by atoms with van der Waals surface area (Å²) in [4.78, 5) is 2.35. The molecule has 0 aliphatic heterocycles. The minimum atomic E-state index is 0.795. The molecule has 0 spiro atoms. The molecule has 16 heavy (non-hydrogen) atoms. The number of nitrogens with two attached hydrogens (primary N) is 1. The standard InChI is InChI=1S/C13H21BrN2/c1-11-5-6-13(14)9-12(11)10-16(2)8-4-3-7-15/h5-6,9H,3-4,7-8,10,15H2,1-2H3. The molecule has 1 aromatic rings. The SMILES string of the molecule is Cc1ccc(Br)cc1CN(C)CCCCN. The molecule has 0 bridgehead atoms. The van der Waals surface area contributed by atoms with E-state index < -0.39 is 0 Å². The third-order valence-corrected chi connectivity index (χ3v) is 3.24. The fraction of sp³-hybridized carbons (Fsp3) is 0.538. The zero-order valence-corrected chi connectivity index (χ0v) is 11.8. The zero-order chi connectivity index (χ0) is 12.0. The Labute approximate surface area is 107 Å². The van der Waals surface area contributed by atoms with Crippen molar-refractivity contribution in [1.29, 1.82) is 0 Å². The summed E-state index contributed by atoms with van der Waals surface area (Å²) < 4.78 is 1.16. The zero-order valence-electron chi connectivity index (χ0n) is 10.2. The maximum atomic E-state index is 5.49. The summed E-state index contributed by atoms with van der Waals surface area (Å²) in [6.07, 6.45) is 2.29. The average molecular weight is 285 g/mol. The number of nitrogens with zero attached hydrogens (tertiary/aromatic N) is 1. The van der Waals surface area contributed by atoms with Crippen molar-refractivity contribution in [1.82, 2.24) is 4.90 Å². The highest BCUT2D eigenvalue weighted by Crippen LogP contribution is 2.17. The van der Waals surface area contributed by atoms with Crippen molar-refractivity contribution in [2.24, 2.45) is 5.73 Å². The van der Waals surface area contributed by atoms with Crippen LogP contribution in [0.15, 0.2) is 22.7 Å². The molecule has 0 atom stereocenters. The van der Waals surface area contributed by atoms with E-state index in [1.54, 1.807) is 0 Å². The highest BCUT2D eigenvalue weighted by molar-refractivity contribution is 9.10. The molecule has 0 saturated heterocycles. The monoisotopic (exact) mass is 284 g/mol. The topological polar surface area (TPSA) is 29.3 Å². The molecule has 1 rings (SSSR count). The van der Waals surface area contributed by atoms with Crippen LogP contribution in [0.1, 0.15) is 24.0 Å². The average Bonchev–Trinajstić information content (AvgIpc) is 2.24. The molecule has 0 amide bonds. The predicted molar refractivity (Wildman–Crippen MR) is 73.5 cm³/mol. The van der Waals surface area contributed by atoms with Crippen LogP contribution in [0.4, 0.5) is 0 Å². The Balaban J connectivity index is 2.48. The van der Waals surface area contributed by atoms with Gasteiger partial charge in [0.05, 0.1) is 0 Å². The highest BCUT2D eigenvalue weighted by Gasteiger charge is 2.03. The quantitative estimate of drug-likeness (QED) is 0.814. The van der Waals surface area contributed by atoms with Gasteiger partial charge in [-0.25, -0.2) is 0 Å². The molecule has 0 aliphatic rings. The molecule has 0 saturated carbocycles. The van der Waals surface area contributed by atoms with Gasteiger partial charge in [-0.1, -0.05) is 22.0 Å². The number of unbranched alkanes of at least 4 members (excludes halogenated alkanes) is 1. The molecule has 2 N–H and O–H groups in total. The van der Waals surface area contributed by atoms with Gasteiger partial charge in [0.2, 0.25) is 0 Å². The summed E-state index contributed by atoms with van der Waals surface area (Å²) in [5, 5.41) is 0. The normalized spacial score (nSPS) is 11.1. The number of benzene rings is 1. The highest BCUT2D eigenvalue weighted by atomic mass is 79.9. The second-order valence-electron chi connectivity index (χ2n) is 4.30. The van der Waals surface area contributed by atoms with Crippen molar-refractivity contribution in [2.45, 2.75) is 26.3 Å². The van der Waals surface area contributed by atoms with Crippen molar-refractivity contribution < 1.29 is 0 Å². The summed E-state index contributed by atoms with van der Waals surface area (Å²) >= 11 is 3.52. The third kappa shape index (κ3) is 4.64. The van der Waals surface area contributed by atoms with E-state index in [9.17, 15) is 0 Å².